The molecule has 0 aliphatic carbocycles. The first-order valence-electron chi connectivity index (χ1n) is 8.03. The van der Waals surface area contributed by atoms with E-state index in [4.69, 9.17) is 0 Å². The average Bonchev–Trinajstić information content (AvgIpc) is 2.68. The molecule has 3 aromatic rings. The third-order valence-electron chi connectivity index (χ3n) is 3.72. The van der Waals surface area contributed by atoms with Crippen LogP contribution in [-0.2, 0) is 6.54 Å². The SMILES string of the molecule is CC(Nc1cnc(C(=O)NCc2cccnc2)cn1)c1ccccc1. The van der Waals surface area contributed by atoms with Crippen molar-refractivity contribution >= 4 is 11.7 Å². The minimum atomic E-state index is -0.265. The number of amides is 1. The predicted molar refractivity (Wildman–Crippen MR) is 95.9 cm³/mol. The number of pyridine rings is 1. The summed E-state index contributed by atoms with van der Waals surface area (Å²) in [5, 5.41) is 6.07. The maximum absolute atomic E-state index is 12.1. The topological polar surface area (TPSA) is 79.8 Å². The molecule has 3 rings (SSSR count). The van der Waals surface area contributed by atoms with Crippen LogP contribution in [0.15, 0.2) is 67.3 Å². The van der Waals surface area contributed by atoms with Crippen LogP contribution in [0, 0.1) is 0 Å². The largest absolute Gasteiger partial charge is 0.362 e. The highest BCUT2D eigenvalue weighted by atomic mass is 16.1. The monoisotopic (exact) mass is 333 g/mol. The third-order valence-corrected chi connectivity index (χ3v) is 3.72. The molecule has 0 aliphatic heterocycles. The van der Waals surface area contributed by atoms with Crippen LogP contribution in [0.4, 0.5) is 5.82 Å². The second-order valence-electron chi connectivity index (χ2n) is 5.61. The third kappa shape index (κ3) is 4.60. The van der Waals surface area contributed by atoms with Crippen molar-refractivity contribution in [2.45, 2.75) is 19.5 Å². The standard InChI is InChI=1S/C19H19N5O/c1-14(16-7-3-2-4-8-16)24-18-13-21-17(12-22-18)19(25)23-11-15-6-5-9-20-10-15/h2-10,12-14H,11H2,1H3,(H,22,24)(H,23,25). The lowest BCUT2D eigenvalue weighted by Gasteiger charge is -2.14. The fraction of sp³-hybridized carbons (Fsp3) is 0.158. The van der Waals surface area contributed by atoms with Crippen molar-refractivity contribution in [2.24, 2.45) is 0 Å². The average molecular weight is 333 g/mol. The number of carbonyl (C=O) groups excluding carboxylic acids is 1. The molecule has 0 spiro atoms. The number of anilines is 1. The fourth-order valence-electron chi connectivity index (χ4n) is 2.34. The Balaban J connectivity index is 1.57. The molecule has 126 valence electrons. The summed E-state index contributed by atoms with van der Waals surface area (Å²) < 4.78 is 0. The molecular formula is C19H19N5O. The summed E-state index contributed by atoms with van der Waals surface area (Å²) in [4.78, 5) is 24.6. The molecule has 0 saturated carbocycles. The number of benzene rings is 1. The Morgan fingerprint density at radius 3 is 2.56 bits per heavy atom. The molecular weight excluding hydrogens is 314 g/mol. The van der Waals surface area contributed by atoms with Gasteiger partial charge in [0.2, 0.25) is 0 Å². The molecule has 0 fully saturated rings. The van der Waals surface area contributed by atoms with Crippen LogP contribution in [0.1, 0.15) is 34.6 Å². The Morgan fingerprint density at radius 1 is 1.04 bits per heavy atom. The van der Waals surface area contributed by atoms with E-state index < -0.39 is 0 Å². The van der Waals surface area contributed by atoms with Gasteiger partial charge in [0.1, 0.15) is 11.5 Å². The highest BCUT2D eigenvalue weighted by molar-refractivity contribution is 5.91. The van der Waals surface area contributed by atoms with Crippen LogP contribution in [-0.4, -0.2) is 20.9 Å². The molecule has 0 saturated heterocycles. The van der Waals surface area contributed by atoms with E-state index in [1.165, 1.54) is 6.20 Å². The van der Waals surface area contributed by atoms with Gasteiger partial charge in [-0.05, 0) is 24.1 Å². The quantitative estimate of drug-likeness (QED) is 0.725. The molecule has 6 heteroatoms. The minimum Gasteiger partial charge on any atom is -0.362 e. The van der Waals surface area contributed by atoms with Crippen LogP contribution in [0.2, 0.25) is 0 Å². The van der Waals surface area contributed by atoms with Crippen molar-refractivity contribution < 1.29 is 4.79 Å². The Bertz CT molecular complexity index is 806. The summed E-state index contributed by atoms with van der Waals surface area (Å²) in [6.07, 6.45) is 6.44. The molecule has 0 radical (unpaired) electrons. The number of hydrogen-bond donors (Lipinski definition) is 2. The number of rotatable bonds is 6. The van der Waals surface area contributed by atoms with Gasteiger partial charge in [0.05, 0.1) is 12.4 Å². The van der Waals surface area contributed by atoms with E-state index in [0.717, 1.165) is 11.1 Å². The second-order valence-corrected chi connectivity index (χ2v) is 5.61. The van der Waals surface area contributed by atoms with Gasteiger partial charge in [-0.1, -0.05) is 36.4 Å². The van der Waals surface area contributed by atoms with Gasteiger partial charge in [0.25, 0.3) is 5.91 Å². The first kappa shape index (κ1) is 16.6. The summed E-state index contributed by atoms with van der Waals surface area (Å²) in [6, 6.07) is 13.9. The van der Waals surface area contributed by atoms with Gasteiger partial charge in [0, 0.05) is 25.0 Å². The molecule has 25 heavy (non-hydrogen) atoms. The summed E-state index contributed by atoms with van der Waals surface area (Å²) in [5.41, 5.74) is 2.36. The summed E-state index contributed by atoms with van der Waals surface area (Å²) in [7, 11) is 0. The normalized spacial score (nSPS) is 11.6. The van der Waals surface area contributed by atoms with E-state index in [2.05, 4.69) is 25.6 Å². The number of aromatic nitrogens is 3. The van der Waals surface area contributed by atoms with E-state index in [9.17, 15) is 4.79 Å². The molecule has 0 aliphatic rings. The van der Waals surface area contributed by atoms with Gasteiger partial charge >= 0.3 is 0 Å². The smallest absolute Gasteiger partial charge is 0.271 e. The molecule has 2 aromatic heterocycles. The molecule has 1 atom stereocenters. The number of carbonyl (C=O) groups is 1. The fourth-order valence-corrected chi connectivity index (χ4v) is 2.34. The van der Waals surface area contributed by atoms with E-state index in [-0.39, 0.29) is 17.6 Å². The maximum Gasteiger partial charge on any atom is 0.271 e. The van der Waals surface area contributed by atoms with Crippen molar-refractivity contribution in [1.29, 1.82) is 0 Å². The van der Waals surface area contributed by atoms with Crippen LogP contribution >= 0.6 is 0 Å². The first-order chi connectivity index (χ1) is 12.2. The van der Waals surface area contributed by atoms with Crippen LogP contribution in [0.3, 0.4) is 0 Å². The summed E-state index contributed by atoms with van der Waals surface area (Å²) in [5.74, 6) is 0.360. The van der Waals surface area contributed by atoms with Crippen molar-refractivity contribution in [2.75, 3.05) is 5.32 Å². The summed E-state index contributed by atoms with van der Waals surface area (Å²) >= 11 is 0. The van der Waals surface area contributed by atoms with Gasteiger partial charge in [-0.25, -0.2) is 9.97 Å². The van der Waals surface area contributed by atoms with Crippen molar-refractivity contribution in [1.82, 2.24) is 20.3 Å². The van der Waals surface area contributed by atoms with Crippen LogP contribution in [0.25, 0.3) is 0 Å². The zero-order valence-corrected chi connectivity index (χ0v) is 13.9. The zero-order chi connectivity index (χ0) is 17.5. The highest BCUT2D eigenvalue weighted by Crippen LogP contribution is 2.16. The van der Waals surface area contributed by atoms with Crippen LogP contribution in [0.5, 0.6) is 0 Å². The van der Waals surface area contributed by atoms with Crippen LogP contribution < -0.4 is 10.6 Å². The molecule has 1 amide bonds. The van der Waals surface area contributed by atoms with Gasteiger partial charge < -0.3 is 10.6 Å². The lowest BCUT2D eigenvalue weighted by atomic mass is 10.1. The number of nitrogens with zero attached hydrogens (tertiary/aromatic N) is 3. The maximum atomic E-state index is 12.1. The number of hydrogen-bond acceptors (Lipinski definition) is 5. The van der Waals surface area contributed by atoms with Gasteiger partial charge in [0.15, 0.2) is 0 Å². The molecule has 0 bridgehead atoms. The number of nitrogens with one attached hydrogen (secondary N) is 2. The Kier molecular flexibility index (Phi) is 5.31. The molecule has 2 heterocycles. The highest BCUT2D eigenvalue weighted by Gasteiger charge is 2.09. The lowest BCUT2D eigenvalue weighted by molar-refractivity contribution is 0.0945. The second kappa shape index (κ2) is 8.01. The summed E-state index contributed by atoms with van der Waals surface area (Å²) in [6.45, 7) is 2.45. The van der Waals surface area contributed by atoms with E-state index in [0.29, 0.717) is 12.4 Å². The molecule has 1 aromatic carbocycles. The lowest BCUT2D eigenvalue weighted by Crippen LogP contribution is -2.24. The van der Waals surface area contributed by atoms with Gasteiger partial charge in [-0.3, -0.25) is 9.78 Å². The predicted octanol–water partition coefficient (Wildman–Crippen LogP) is 2.97. The molecule has 2 N–H and O–H groups in total. The Morgan fingerprint density at radius 2 is 1.88 bits per heavy atom. The van der Waals surface area contributed by atoms with Gasteiger partial charge in [-0.2, -0.15) is 0 Å². The van der Waals surface area contributed by atoms with E-state index in [1.54, 1.807) is 18.6 Å². The van der Waals surface area contributed by atoms with Gasteiger partial charge in [-0.15, -0.1) is 0 Å². The van der Waals surface area contributed by atoms with Crippen molar-refractivity contribution in [3.05, 3.63) is 84.1 Å². The molecule has 6 nitrogen and oxygen atoms in total. The minimum absolute atomic E-state index is 0.0979. The van der Waals surface area contributed by atoms with E-state index in [1.807, 2.05) is 49.4 Å². The Hall–Kier alpha value is -3.28. The Labute approximate surface area is 146 Å². The van der Waals surface area contributed by atoms with Crippen molar-refractivity contribution in [3.63, 3.8) is 0 Å². The van der Waals surface area contributed by atoms with Crippen molar-refractivity contribution in [3.8, 4) is 0 Å². The zero-order valence-electron chi connectivity index (χ0n) is 13.9. The molecule has 1 unspecified atom stereocenters. The van der Waals surface area contributed by atoms with E-state index >= 15 is 0 Å². The first-order valence-corrected chi connectivity index (χ1v) is 8.03.